The number of hydrogen-bond acceptors (Lipinski definition) is 7. The number of amides is 1. The molecule has 2 aromatic rings. The number of carbonyl (C=O) groups excluding carboxylic acids is 2. The minimum Gasteiger partial charge on any atom is -0.462 e. The van der Waals surface area contributed by atoms with E-state index in [1.807, 2.05) is 70.2 Å². The summed E-state index contributed by atoms with van der Waals surface area (Å²) in [5.41, 5.74) is 0.550. The molecule has 33 heavy (non-hydrogen) atoms. The molecular formula is C24H30BNO6S. The summed E-state index contributed by atoms with van der Waals surface area (Å²) in [7, 11) is -0.655. The van der Waals surface area contributed by atoms with Gasteiger partial charge in [-0.25, -0.2) is 9.59 Å². The van der Waals surface area contributed by atoms with Gasteiger partial charge in [0.05, 0.1) is 17.8 Å². The summed E-state index contributed by atoms with van der Waals surface area (Å²) in [6, 6.07) is 13.0. The minimum absolute atomic E-state index is 0.164. The second kappa shape index (κ2) is 10.5. The smallest absolute Gasteiger partial charge is 0.462 e. The predicted octanol–water partition coefficient (Wildman–Crippen LogP) is 4.87. The molecule has 0 saturated carbocycles. The fraction of sp³-hybridized carbons (Fsp3) is 0.417. The molecule has 1 aromatic heterocycles. The van der Waals surface area contributed by atoms with E-state index in [-0.39, 0.29) is 19.1 Å². The Labute approximate surface area is 199 Å². The SMILES string of the molecule is CCOC(=O)c1ccc(C=C(CNC(=O)OCc2ccccc2)B2OC(C)(C)C(C)(C)O2)s1. The molecule has 1 aliphatic rings. The molecule has 1 aliphatic heterocycles. The highest BCUT2D eigenvalue weighted by atomic mass is 32.1. The van der Waals surface area contributed by atoms with E-state index in [0.29, 0.717) is 17.0 Å². The Kier molecular flexibility index (Phi) is 7.99. The lowest BCUT2D eigenvalue weighted by molar-refractivity contribution is 0.00578. The van der Waals surface area contributed by atoms with Crippen molar-refractivity contribution in [2.75, 3.05) is 13.2 Å². The molecule has 1 saturated heterocycles. The number of rotatable bonds is 8. The van der Waals surface area contributed by atoms with Crippen molar-refractivity contribution < 1.29 is 28.4 Å². The van der Waals surface area contributed by atoms with E-state index in [1.54, 1.807) is 13.0 Å². The summed E-state index contributed by atoms with van der Waals surface area (Å²) >= 11 is 1.30. The standard InChI is InChI=1S/C24H30BNO6S/c1-6-29-21(27)20-13-12-19(33-20)14-18(25-31-23(2,3)24(4,5)32-25)15-26-22(28)30-16-17-10-8-7-9-11-17/h7-14H,6,15-16H2,1-5H3,(H,26,28). The van der Waals surface area contributed by atoms with E-state index in [2.05, 4.69) is 5.32 Å². The Morgan fingerprint density at radius 3 is 2.33 bits per heavy atom. The Morgan fingerprint density at radius 2 is 1.70 bits per heavy atom. The van der Waals surface area contributed by atoms with Crippen molar-refractivity contribution in [2.45, 2.75) is 52.4 Å². The van der Waals surface area contributed by atoms with Crippen molar-refractivity contribution in [3.05, 3.63) is 63.3 Å². The quantitative estimate of drug-likeness (QED) is 0.437. The van der Waals surface area contributed by atoms with Gasteiger partial charge in [-0.1, -0.05) is 30.3 Å². The summed E-state index contributed by atoms with van der Waals surface area (Å²) in [6.07, 6.45) is 1.33. The Morgan fingerprint density at radius 1 is 1.03 bits per heavy atom. The molecule has 0 unspecified atom stereocenters. The molecule has 0 atom stereocenters. The molecule has 0 spiro atoms. The first-order chi connectivity index (χ1) is 15.6. The van der Waals surface area contributed by atoms with Gasteiger partial charge in [0.25, 0.3) is 0 Å². The van der Waals surface area contributed by atoms with Crippen LogP contribution in [0.5, 0.6) is 0 Å². The van der Waals surface area contributed by atoms with Gasteiger partial charge in [0.15, 0.2) is 0 Å². The van der Waals surface area contributed by atoms with E-state index in [4.69, 9.17) is 18.8 Å². The summed E-state index contributed by atoms with van der Waals surface area (Å²) in [5, 5.41) is 2.78. The van der Waals surface area contributed by atoms with Gasteiger partial charge in [-0.2, -0.15) is 0 Å². The molecule has 2 heterocycles. The Hall–Kier alpha value is -2.62. The molecule has 3 rings (SSSR count). The summed E-state index contributed by atoms with van der Waals surface area (Å²) in [4.78, 5) is 25.7. The van der Waals surface area contributed by atoms with Gasteiger partial charge in [-0.15, -0.1) is 11.3 Å². The summed E-state index contributed by atoms with van der Waals surface area (Å²) in [6.45, 7) is 10.3. The van der Waals surface area contributed by atoms with Crippen LogP contribution < -0.4 is 5.32 Å². The average molecular weight is 471 g/mol. The number of hydrogen-bond donors (Lipinski definition) is 1. The zero-order valence-corrected chi connectivity index (χ0v) is 20.5. The normalized spacial score (nSPS) is 17.0. The molecule has 7 nitrogen and oxygen atoms in total. The third kappa shape index (κ3) is 6.46. The molecule has 9 heteroatoms. The Bertz CT molecular complexity index is 985. The lowest BCUT2D eigenvalue weighted by atomic mass is 9.77. The predicted molar refractivity (Wildman–Crippen MR) is 129 cm³/mol. The van der Waals surface area contributed by atoms with Crippen molar-refractivity contribution in [3.63, 3.8) is 0 Å². The van der Waals surface area contributed by atoms with E-state index >= 15 is 0 Å². The first kappa shape index (κ1) is 25.0. The van der Waals surface area contributed by atoms with Gasteiger partial charge >= 0.3 is 19.2 Å². The first-order valence-corrected chi connectivity index (χ1v) is 11.7. The van der Waals surface area contributed by atoms with Crippen molar-refractivity contribution in [2.24, 2.45) is 0 Å². The van der Waals surface area contributed by atoms with Crippen molar-refractivity contribution >= 4 is 36.6 Å². The maximum absolute atomic E-state index is 12.3. The van der Waals surface area contributed by atoms with Crippen molar-refractivity contribution in [1.29, 1.82) is 0 Å². The fourth-order valence-electron chi connectivity index (χ4n) is 3.07. The van der Waals surface area contributed by atoms with E-state index < -0.39 is 24.4 Å². The lowest BCUT2D eigenvalue weighted by Gasteiger charge is -2.32. The average Bonchev–Trinajstić information content (AvgIpc) is 3.32. The second-order valence-electron chi connectivity index (χ2n) is 8.65. The number of thiophene rings is 1. The van der Waals surface area contributed by atoms with Crippen LogP contribution >= 0.6 is 11.3 Å². The van der Waals surface area contributed by atoms with Crippen LogP contribution in [0.2, 0.25) is 0 Å². The van der Waals surface area contributed by atoms with Crippen LogP contribution in [0.1, 0.15) is 54.7 Å². The van der Waals surface area contributed by atoms with E-state index in [1.165, 1.54) is 11.3 Å². The molecule has 0 aliphatic carbocycles. The lowest BCUT2D eigenvalue weighted by Crippen LogP contribution is -2.41. The van der Waals surface area contributed by atoms with Gasteiger partial charge in [0, 0.05) is 11.4 Å². The zero-order valence-electron chi connectivity index (χ0n) is 19.7. The van der Waals surface area contributed by atoms with Crippen LogP contribution in [0, 0.1) is 0 Å². The van der Waals surface area contributed by atoms with Crippen LogP contribution in [0.4, 0.5) is 4.79 Å². The van der Waals surface area contributed by atoms with Crippen LogP contribution in [0.25, 0.3) is 6.08 Å². The maximum atomic E-state index is 12.3. The Balaban J connectivity index is 1.73. The third-order valence-corrected chi connectivity index (χ3v) is 6.65. The van der Waals surface area contributed by atoms with Crippen LogP contribution in [-0.2, 0) is 25.4 Å². The second-order valence-corrected chi connectivity index (χ2v) is 9.76. The van der Waals surface area contributed by atoms with Crippen LogP contribution in [0.3, 0.4) is 0 Å². The maximum Gasteiger partial charge on any atom is 0.492 e. The van der Waals surface area contributed by atoms with Crippen molar-refractivity contribution in [1.82, 2.24) is 5.32 Å². The number of ether oxygens (including phenoxy) is 2. The van der Waals surface area contributed by atoms with Gasteiger partial charge in [0.1, 0.15) is 11.5 Å². The number of esters is 1. The number of nitrogens with one attached hydrogen (secondary N) is 1. The topological polar surface area (TPSA) is 83.1 Å². The number of carbonyl (C=O) groups is 2. The summed E-state index contributed by atoms with van der Waals surface area (Å²) < 4.78 is 22.8. The molecule has 1 N–H and O–H groups in total. The number of alkyl carbamates (subject to hydrolysis) is 1. The fourth-order valence-corrected chi connectivity index (χ4v) is 3.95. The summed E-state index contributed by atoms with van der Waals surface area (Å²) in [5.74, 6) is -0.359. The highest BCUT2D eigenvalue weighted by molar-refractivity contribution is 7.14. The van der Waals surface area contributed by atoms with Crippen molar-refractivity contribution in [3.8, 4) is 0 Å². The first-order valence-electron chi connectivity index (χ1n) is 10.9. The molecule has 1 fully saturated rings. The molecule has 0 bridgehead atoms. The monoisotopic (exact) mass is 471 g/mol. The highest BCUT2D eigenvalue weighted by Crippen LogP contribution is 2.39. The zero-order chi connectivity index (χ0) is 24.1. The molecule has 1 aromatic carbocycles. The van der Waals surface area contributed by atoms with E-state index in [0.717, 1.165) is 10.4 Å². The highest BCUT2D eigenvalue weighted by Gasteiger charge is 2.52. The number of benzene rings is 1. The largest absolute Gasteiger partial charge is 0.492 e. The minimum atomic E-state index is -0.655. The van der Waals surface area contributed by atoms with Crippen LogP contribution in [0.15, 0.2) is 47.9 Å². The van der Waals surface area contributed by atoms with Gasteiger partial charge in [-0.05, 0) is 63.9 Å². The van der Waals surface area contributed by atoms with Gasteiger partial charge < -0.3 is 24.1 Å². The van der Waals surface area contributed by atoms with Gasteiger partial charge in [0.2, 0.25) is 0 Å². The van der Waals surface area contributed by atoms with Crippen LogP contribution in [-0.4, -0.2) is 43.5 Å². The van der Waals surface area contributed by atoms with E-state index in [9.17, 15) is 9.59 Å². The molecule has 1 amide bonds. The molecule has 0 radical (unpaired) electrons. The third-order valence-electron chi connectivity index (χ3n) is 5.64. The molecular weight excluding hydrogens is 441 g/mol. The van der Waals surface area contributed by atoms with Gasteiger partial charge in [-0.3, -0.25) is 0 Å². The molecule has 176 valence electrons.